The molecule has 0 aromatic heterocycles. The summed E-state index contributed by atoms with van der Waals surface area (Å²) in [5.74, 6) is -5.09. The standard InChI is InChI=1S/C15H7Cl2F3N2O6/c16-7-5-11-12(6-8(7)17)28-15(27-11,14(18,19)20)21-13(23)26-10-4-2-1-3-9(10)22(24)25/h1-6H,(H,21,23). The molecule has 0 radical (unpaired) electrons. The average molecular weight is 439 g/mol. The van der Waals surface area contributed by atoms with E-state index in [0.29, 0.717) is 0 Å². The fraction of sp³-hybridized carbons (Fsp3) is 0.133. The fourth-order valence-corrected chi connectivity index (χ4v) is 2.50. The summed E-state index contributed by atoms with van der Waals surface area (Å²) in [5.41, 5.74) is -0.631. The summed E-state index contributed by atoms with van der Waals surface area (Å²) < 4.78 is 54.9. The van der Waals surface area contributed by atoms with Crippen molar-refractivity contribution in [2.75, 3.05) is 0 Å². The zero-order valence-corrected chi connectivity index (χ0v) is 14.8. The van der Waals surface area contributed by atoms with Crippen LogP contribution in [0.1, 0.15) is 0 Å². The van der Waals surface area contributed by atoms with Gasteiger partial charge in [0.15, 0.2) is 11.5 Å². The van der Waals surface area contributed by atoms with Gasteiger partial charge in [0.25, 0.3) is 0 Å². The van der Waals surface area contributed by atoms with Crippen molar-refractivity contribution >= 4 is 35.0 Å². The molecule has 1 heterocycles. The molecule has 13 heteroatoms. The van der Waals surface area contributed by atoms with Crippen LogP contribution in [0, 0.1) is 10.1 Å². The Labute approximate surface area is 163 Å². The summed E-state index contributed by atoms with van der Waals surface area (Å²) in [5, 5.41) is 12.1. The molecule has 2 aromatic carbocycles. The maximum absolute atomic E-state index is 13.6. The second kappa shape index (κ2) is 6.91. The molecule has 2 aromatic rings. The number of para-hydroxylation sites is 2. The molecule has 28 heavy (non-hydrogen) atoms. The van der Waals surface area contributed by atoms with Crippen molar-refractivity contribution < 1.29 is 37.1 Å². The lowest BCUT2D eigenvalue weighted by Crippen LogP contribution is -2.65. The molecule has 0 spiro atoms. The number of ether oxygens (including phenoxy) is 3. The van der Waals surface area contributed by atoms with Crippen molar-refractivity contribution in [1.29, 1.82) is 0 Å². The number of nitrogens with one attached hydrogen (secondary N) is 1. The maximum Gasteiger partial charge on any atom is 0.492 e. The largest absolute Gasteiger partial charge is 0.492 e. The number of halogens is 5. The van der Waals surface area contributed by atoms with Crippen LogP contribution >= 0.6 is 23.2 Å². The van der Waals surface area contributed by atoms with Gasteiger partial charge in [-0.05, 0) is 6.07 Å². The van der Waals surface area contributed by atoms with Gasteiger partial charge >= 0.3 is 23.9 Å². The molecule has 0 unspecified atom stereocenters. The number of rotatable bonds is 3. The zero-order valence-electron chi connectivity index (χ0n) is 13.3. The second-order valence-electron chi connectivity index (χ2n) is 5.27. The first-order chi connectivity index (χ1) is 13.0. The van der Waals surface area contributed by atoms with E-state index in [2.05, 4.69) is 4.74 Å². The molecular formula is C15H7Cl2F3N2O6. The first kappa shape index (κ1) is 19.8. The Morgan fingerprint density at radius 3 is 2.18 bits per heavy atom. The minimum absolute atomic E-state index is 0.107. The maximum atomic E-state index is 13.6. The van der Waals surface area contributed by atoms with Crippen molar-refractivity contribution in [1.82, 2.24) is 5.32 Å². The van der Waals surface area contributed by atoms with Crippen LogP contribution in [0.3, 0.4) is 0 Å². The van der Waals surface area contributed by atoms with Gasteiger partial charge in [-0.1, -0.05) is 35.3 Å². The number of amides is 1. The monoisotopic (exact) mass is 438 g/mol. The molecule has 1 aliphatic heterocycles. The van der Waals surface area contributed by atoms with Crippen LogP contribution in [0.25, 0.3) is 0 Å². The van der Waals surface area contributed by atoms with E-state index < -0.39 is 46.0 Å². The van der Waals surface area contributed by atoms with Crippen molar-refractivity contribution in [3.63, 3.8) is 0 Å². The van der Waals surface area contributed by atoms with E-state index in [1.165, 1.54) is 17.4 Å². The van der Waals surface area contributed by atoms with E-state index in [1.807, 2.05) is 0 Å². The molecule has 0 fully saturated rings. The molecule has 0 aliphatic carbocycles. The van der Waals surface area contributed by atoms with Crippen LogP contribution in [0.5, 0.6) is 17.2 Å². The first-order valence-corrected chi connectivity index (χ1v) is 7.95. The quantitative estimate of drug-likeness (QED) is 0.551. The van der Waals surface area contributed by atoms with Gasteiger partial charge in [-0.3, -0.25) is 10.1 Å². The van der Waals surface area contributed by atoms with Crippen LogP contribution in [-0.4, -0.2) is 23.1 Å². The van der Waals surface area contributed by atoms with Crippen molar-refractivity contribution in [2.45, 2.75) is 12.1 Å². The van der Waals surface area contributed by atoms with Gasteiger partial charge in [0.2, 0.25) is 5.75 Å². The number of fused-ring (bicyclic) bond motifs is 1. The minimum atomic E-state index is -5.27. The number of hydrogen-bond donors (Lipinski definition) is 1. The Hall–Kier alpha value is -2.92. The highest BCUT2D eigenvalue weighted by Crippen LogP contribution is 2.48. The SMILES string of the molecule is O=C(NC1(C(F)(F)F)Oc2cc(Cl)c(Cl)cc2O1)Oc1ccccc1[N+](=O)[O-]. The first-order valence-electron chi connectivity index (χ1n) is 7.19. The van der Waals surface area contributed by atoms with E-state index in [1.54, 1.807) is 0 Å². The number of alkyl halides is 3. The molecule has 0 atom stereocenters. The summed E-state index contributed by atoms with van der Waals surface area (Å²) in [6, 6.07) is 6.56. The minimum Gasteiger partial charge on any atom is -0.424 e. The van der Waals surface area contributed by atoms with Gasteiger partial charge in [-0.15, -0.1) is 0 Å². The summed E-state index contributed by atoms with van der Waals surface area (Å²) >= 11 is 11.5. The van der Waals surface area contributed by atoms with Gasteiger partial charge in [-0.25, -0.2) is 10.1 Å². The van der Waals surface area contributed by atoms with E-state index >= 15 is 0 Å². The Morgan fingerprint density at radius 2 is 1.68 bits per heavy atom. The molecule has 0 bridgehead atoms. The lowest BCUT2D eigenvalue weighted by atomic mass is 10.3. The molecule has 1 amide bonds. The number of carbonyl (C=O) groups is 1. The summed E-state index contributed by atoms with van der Waals surface area (Å²) in [6.45, 7) is 0. The highest BCUT2D eigenvalue weighted by molar-refractivity contribution is 6.42. The molecule has 148 valence electrons. The third-order valence-electron chi connectivity index (χ3n) is 3.40. The lowest BCUT2D eigenvalue weighted by molar-refractivity contribution is -0.385. The molecule has 3 rings (SSSR count). The highest BCUT2D eigenvalue weighted by Gasteiger charge is 2.66. The predicted octanol–water partition coefficient (Wildman–Crippen LogP) is 4.68. The molecule has 0 saturated heterocycles. The molecule has 0 saturated carbocycles. The van der Waals surface area contributed by atoms with Crippen LogP contribution in [0.15, 0.2) is 36.4 Å². The van der Waals surface area contributed by atoms with Gasteiger partial charge in [0, 0.05) is 18.2 Å². The van der Waals surface area contributed by atoms with Crippen LogP contribution < -0.4 is 19.5 Å². The number of carbonyl (C=O) groups excluding carboxylic acids is 1. The lowest BCUT2D eigenvalue weighted by Gasteiger charge is -2.29. The van der Waals surface area contributed by atoms with E-state index in [0.717, 1.165) is 24.3 Å². The molecule has 8 nitrogen and oxygen atoms in total. The summed E-state index contributed by atoms with van der Waals surface area (Å²) in [7, 11) is 0. The molecular weight excluding hydrogens is 432 g/mol. The van der Waals surface area contributed by atoms with Crippen molar-refractivity contribution in [3.8, 4) is 17.2 Å². The van der Waals surface area contributed by atoms with Crippen LogP contribution in [0.4, 0.5) is 23.7 Å². The third kappa shape index (κ3) is 3.58. The topological polar surface area (TPSA) is 99.9 Å². The predicted molar refractivity (Wildman–Crippen MR) is 88.8 cm³/mol. The Kier molecular flexibility index (Phi) is 4.90. The van der Waals surface area contributed by atoms with Crippen LogP contribution in [-0.2, 0) is 0 Å². The van der Waals surface area contributed by atoms with Crippen molar-refractivity contribution in [2.24, 2.45) is 0 Å². The van der Waals surface area contributed by atoms with Crippen molar-refractivity contribution in [3.05, 3.63) is 56.6 Å². The molecule has 1 aliphatic rings. The zero-order chi connectivity index (χ0) is 20.7. The Bertz CT molecular complexity index is 938. The van der Waals surface area contributed by atoms with Gasteiger partial charge < -0.3 is 14.2 Å². The van der Waals surface area contributed by atoms with Gasteiger partial charge in [-0.2, -0.15) is 13.2 Å². The van der Waals surface area contributed by atoms with Gasteiger partial charge in [0.05, 0.1) is 15.0 Å². The number of nitro benzene ring substituents is 1. The second-order valence-corrected chi connectivity index (χ2v) is 6.09. The Balaban J connectivity index is 1.87. The van der Waals surface area contributed by atoms with E-state index in [-0.39, 0.29) is 10.0 Å². The number of nitro groups is 1. The normalized spacial score (nSPS) is 14.5. The summed E-state index contributed by atoms with van der Waals surface area (Å²) in [6.07, 6.45) is -6.98. The van der Waals surface area contributed by atoms with Crippen LogP contribution in [0.2, 0.25) is 10.0 Å². The smallest absolute Gasteiger partial charge is 0.424 e. The fourth-order valence-electron chi connectivity index (χ4n) is 2.19. The summed E-state index contributed by atoms with van der Waals surface area (Å²) in [4.78, 5) is 22.1. The van der Waals surface area contributed by atoms with Gasteiger partial charge in [0.1, 0.15) is 0 Å². The number of nitrogens with zero attached hydrogens (tertiary/aromatic N) is 1. The van der Waals surface area contributed by atoms with E-state index in [4.69, 9.17) is 32.7 Å². The van der Waals surface area contributed by atoms with E-state index in [9.17, 15) is 28.1 Å². The number of hydrogen-bond acceptors (Lipinski definition) is 6. The molecule has 1 N–H and O–H groups in total. The third-order valence-corrected chi connectivity index (χ3v) is 4.12. The Morgan fingerprint density at radius 1 is 1.14 bits per heavy atom. The highest BCUT2D eigenvalue weighted by atomic mass is 35.5. The average Bonchev–Trinajstić information content (AvgIpc) is 2.93. The number of benzene rings is 2.